The molecule has 0 saturated heterocycles. The molecule has 0 fully saturated rings. The number of carbonyl (C=O) groups is 1. The third kappa shape index (κ3) is 4.12. The Morgan fingerprint density at radius 1 is 1.15 bits per heavy atom. The lowest BCUT2D eigenvalue weighted by Crippen LogP contribution is -2.27. The molecule has 0 aliphatic carbocycles. The predicted molar refractivity (Wildman–Crippen MR) is 98.9 cm³/mol. The zero-order valence-corrected chi connectivity index (χ0v) is 15.8. The molecule has 1 N–H and O–H groups in total. The van der Waals surface area contributed by atoms with Gasteiger partial charge in [0.05, 0.1) is 16.1 Å². The van der Waals surface area contributed by atoms with Crippen LogP contribution in [0.3, 0.4) is 0 Å². The Morgan fingerprint density at radius 3 is 2.44 bits per heavy atom. The van der Waals surface area contributed by atoms with Gasteiger partial charge in [0.2, 0.25) is 5.89 Å². The molecule has 0 saturated carbocycles. The third-order valence-corrected chi connectivity index (χ3v) is 4.79. The summed E-state index contributed by atoms with van der Waals surface area (Å²) in [6.07, 6.45) is 1.19. The number of benzene rings is 2. The molecule has 4 nitrogen and oxygen atoms in total. The average Bonchev–Trinajstić information content (AvgIpc) is 3.11. The number of hydrogen-bond acceptors (Lipinski definition) is 3. The van der Waals surface area contributed by atoms with Crippen LogP contribution in [0, 0.1) is 18.6 Å². The quantitative estimate of drug-likeness (QED) is 0.597. The van der Waals surface area contributed by atoms with E-state index in [1.54, 1.807) is 25.1 Å². The Balaban J connectivity index is 1.77. The standard InChI is InChI=1S/C19H14Cl2F2N2O2/c1-9-15(22)6-12(7-16(9)23)10(2)24-18(26)17-8-27-19(25-17)11-3-4-13(20)14(21)5-11/h3-8,10H,1-2H3,(H,24,26). The molecule has 27 heavy (non-hydrogen) atoms. The summed E-state index contributed by atoms with van der Waals surface area (Å²) in [4.78, 5) is 16.5. The van der Waals surface area contributed by atoms with Crippen molar-refractivity contribution in [2.24, 2.45) is 0 Å². The maximum atomic E-state index is 13.7. The lowest BCUT2D eigenvalue weighted by atomic mass is 10.1. The average molecular weight is 411 g/mol. The molecule has 1 unspecified atom stereocenters. The molecule has 0 bridgehead atoms. The summed E-state index contributed by atoms with van der Waals surface area (Å²) >= 11 is 11.8. The van der Waals surface area contributed by atoms with Gasteiger partial charge in [0.25, 0.3) is 5.91 Å². The zero-order valence-electron chi connectivity index (χ0n) is 14.3. The van der Waals surface area contributed by atoms with Gasteiger partial charge in [-0.15, -0.1) is 0 Å². The molecule has 0 aliphatic heterocycles. The van der Waals surface area contributed by atoms with Gasteiger partial charge in [0.1, 0.15) is 17.9 Å². The Morgan fingerprint density at radius 2 is 1.81 bits per heavy atom. The molecule has 8 heteroatoms. The largest absolute Gasteiger partial charge is 0.444 e. The van der Waals surface area contributed by atoms with Crippen LogP contribution in [0.5, 0.6) is 0 Å². The molecular weight excluding hydrogens is 397 g/mol. The summed E-state index contributed by atoms with van der Waals surface area (Å²) in [5, 5.41) is 3.34. The molecule has 1 amide bonds. The van der Waals surface area contributed by atoms with Crippen molar-refractivity contribution in [3.63, 3.8) is 0 Å². The smallest absolute Gasteiger partial charge is 0.273 e. The van der Waals surface area contributed by atoms with Crippen molar-refractivity contribution in [3.05, 3.63) is 75.1 Å². The van der Waals surface area contributed by atoms with Crippen LogP contribution in [-0.2, 0) is 0 Å². The molecule has 0 aliphatic rings. The van der Waals surface area contributed by atoms with Crippen LogP contribution in [0.15, 0.2) is 41.0 Å². The Bertz CT molecular complexity index is 998. The summed E-state index contributed by atoms with van der Waals surface area (Å²) in [6, 6.07) is 6.55. The molecular formula is C19H14Cl2F2N2O2. The van der Waals surface area contributed by atoms with E-state index >= 15 is 0 Å². The van der Waals surface area contributed by atoms with Gasteiger partial charge in [0.15, 0.2) is 5.69 Å². The number of nitrogens with one attached hydrogen (secondary N) is 1. The van der Waals surface area contributed by atoms with E-state index in [0.29, 0.717) is 21.2 Å². The number of oxazole rings is 1. The van der Waals surface area contributed by atoms with Crippen LogP contribution in [0.25, 0.3) is 11.5 Å². The fourth-order valence-electron chi connectivity index (χ4n) is 2.41. The van der Waals surface area contributed by atoms with Crippen molar-refractivity contribution in [1.29, 1.82) is 0 Å². The summed E-state index contributed by atoms with van der Waals surface area (Å²) < 4.78 is 32.7. The Labute approximate surface area is 164 Å². The molecule has 1 heterocycles. The SMILES string of the molecule is Cc1c(F)cc(C(C)NC(=O)c2coc(-c3ccc(Cl)c(Cl)c3)n2)cc1F. The minimum absolute atomic E-state index is 0.0241. The van der Waals surface area contributed by atoms with E-state index in [4.69, 9.17) is 27.6 Å². The molecule has 0 spiro atoms. The second-order valence-corrected chi connectivity index (χ2v) is 6.79. The topological polar surface area (TPSA) is 55.1 Å². The second kappa shape index (κ2) is 7.66. The van der Waals surface area contributed by atoms with Crippen LogP contribution >= 0.6 is 23.2 Å². The minimum atomic E-state index is -0.672. The van der Waals surface area contributed by atoms with E-state index in [-0.39, 0.29) is 17.1 Å². The van der Waals surface area contributed by atoms with Gasteiger partial charge in [-0.2, -0.15) is 0 Å². The van der Waals surface area contributed by atoms with E-state index in [2.05, 4.69) is 10.3 Å². The van der Waals surface area contributed by atoms with Crippen LogP contribution in [-0.4, -0.2) is 10.9 Å². The first-order chi connectivity index (χ1) is 12.8. The molecule has 1 atom stereocenters. The second-order valence-electron chi connectivity index (χ2n) is 5.97. The van der Waals surface area contributed by atoms with Gasteiger partial charge in [-0.1, -0.05) is 23.2 Å². The number of carbonyl (C=O) groups excluding carboxylic acids is 1. The first-order valence-corrected chi connectivity index (χ1v) is 8.69. The van der Waals surface area contributed by atoms with E-state index in [9.17, 15) is 13.6 Å². The summed E-state index contributed by atoms with van der Waals surface area (Å²) in [6.45, 7) is 2.96. The first kappa shape index (κ1) is 19.3. The molecule has 2 aromatic carbocycles. The number of halogens is 4. The number of nitrogens with zero attached hydrogens (tertiary/aromatic N) is 1. The number of amides is 1. The van der Waals surface area contributed by atoms with Crippen molar-refractivity contribution in [1.82, 2.24) is 10.3 Å². The minimum Gasteiger partial charge on any atom is -0.444 e. The van der Waals surface area contributed by atoms with Crippen molar-refractivity contribution >= 4 is 29.1 Å². The normalized spacial score (nSPS) is 12.1. The monoisotopic (exact) mass is 410 g/mol. The van der Waals surface area contributed by atoms with Crippen LogP contribution in [0.4, 0.5) is 8.78 Å². The lowest BCUT2D eigenvalue weighted by molar-refractivity contribution is 0.0934. The number of hydrogen-bond donors (Lipinski definition) is 1. The van der Waals surface area contributed by atoms with Gasteiger partial charge in [-0.3, -0.25) is 4.79 Å². The van der Waals surface area contributed by atoms with Gasteiger partial charge >= 0.3 is 0 Å². The summed E-state index contributed by atoms with van der Waals surface area (Å²) in [5.41, 5.74) is 0.812. The Kier molecular flexibility index (Phi) is 5.48. The van der Waals surface area contributed by atoms with E-state index in [1.165, 1.54) is 25.3 Å². The fraction of sp³-hybridized carbons (Fsp3) is 0.158. The van der Waals surface area contributed by atoms with Gasteiger partial charge in [0, 0.05) is 11.1 Å². The maximum Gasteiger partial charge on any atom is 0.273 e. The zero-order chi connectivity index (χ0) is 19.7. The molecule has 1 aromatic heterocycles. The highest BCUT2D eigenvalue weighted by atomic mass is 35.5. The van der Waals surface area contributed by atoms with Crippen LogP contribution in [0.1, 0.15) is 34.6 Å². The van der Waals surface area contributed by atoms with Crippen molar-refractivity contribution in [2.75, 3.05) is 0 Å². The number of aromatic nitrogens is 1. The van der Waals surface area contributed by atoms with E-state index in [0.717, 1.165) is 0 Å². The maximum absolute atomic E-state index is 13.7. The lowest BCUT2D eigenvalue weighted by Gasteiger charge is -2.14. The highest BCUT2D eigenvalue weighted by Crippen LogP contribution is 2.28. The Hall–Kier alpha value is -2.44. The highest BCUT2D eigenvalue weighted by Gasteiger charge is 2.18. The van der Waals surface area contributed by atoms with Crippen molar-refractivity contribution in [3.8, 4) is 11.5 Å². The molecule has 3 rings (SSSR count). The molecule has 3 aromatic rings. The molecule has 0 radical (unpaired) electrons. The fourth-order valence-corrected chi connectivity index (χ4v) is 2.71. The van der Waals surface area contributed by atoms with E-state index < -0.39 is 23.6 Å². The number of rotatable bonds is 4. The third-order valence-electron chi connectivity index (χ3n) is 4.05. The van der Waals surface area contributed by atoms with E-state index in [1.807, 2.05) is 0 Å². The van der Waals surface area contributed by atoms with Crippen molar-refractivity contribution in [2.45, 2.75) is 19.9 Å². The first-order valence-electron chi connectivity index (χ1n) is 7.93. The predicted octanol–water partition coefficient (Wildman–Crippen LogP) is 5.73. The van der Waals surface area contributed by atoms with Crippen molar-refractivity contribution < 1.29 is 18.0 Å². The highest BCUT2D eigenvalue weighted by molar-refractivity contribution is 6.42. The van der Waals surface area contributed by atoms with Gasteiger partial charge in [-0.05, 0) is 49.7 Å². The van der Waals surface area contributed by atoms with Crippen LogP contribution < -0.4 is 5.32 Å². The van der Waals surface area contributed by atoms with Gasteiger partial charge < -0.3 is 9.73 Å². The van der Waals surface area contributed by atoms with Crippen LogP contribution in [0.2, 0.25) is 10.0 Å². The van der Waals surface area contributed by atoms with Gasteiger partial charge in [-0.25, -0.2) is 13.8 Å². The summed E-state index contributed by atoms with van der Waals surface area (Å²) in [5.74, 6) is -1.69. The molecule has 140 valence electrons. The summed E-state index contributed by atoms with van der Waals surface area (Å²) in [7, 11) is 0.